The molecule has 0 aromatic carbocycles. The molecule has 0 amide bonds. The van der Waals surface area contributed by atoms with Gasteiger partial charge in [0.2, 0.25) is 0 Å². The summed E-state index contributed by atoms with van der Waals surface area (Å²) in [6, 6.07) is 0. The van der Waals surface area contributed by atoms with Crippen LogP contribution >= 0.6 is 0 Å². The van der Waals surface area contributed by atoms with Gasteiger partial charge in [0.05, 0.1) is 0 Å². The summed E-state index contributed by atoms with van der Waals surface area (Å²) in [5, 5.41) is 0. The molecule has 114 valence electrons. The summed E-state index contributed by atoms with van der Waals surface area (Å²) in [4.78, 5) is 2.51. The van der Waals surface area contributed by atoms with Gasteiger partial charge < -0.3 is 4.90 Å². The highest BCUT2D eigenvalue weighted by molar-refractivity contribution is 4.77. The van der Waals surface area contributed by atoms with Crippen LogP contribution in [0.3, 0.4) is 0 Å². The zero-order valence-electron chi connectivity index (χ0n) is 13.8. The van der Waals surface area contributed by atoms with Crippen LogP contribution in [0, 0.1) is 11.8 Å². The summed E-state index contributed by atoms with van der Waals surface area (Å²) in [6.45, 7) is 7.31. The third-order valence-corrected chi connectivity index (χ3v) is 5.04. The minimum absolute atomic E-state index is 1.04. The molecule has 1 heterocycles. The summed E-state index contributed by atoms with van der Waals surface area (Å²) >= 11 is 0. The Kier molecular flexibility index (Phi) is 9.59. The number of likely N-dealkylation sites (tertiary alicyclic amines) is 1. The van der Waals surface area contributed by atoms with Crippen molar-refractivity contribution in [3.05, 3.63) is 0 Å². The molecule has 1 saturated heterocycles. The highest BCUT2D eigenvalue weighted by Gasteiger charge is 2.24. The number of hydrogen-bond acceptors (Lipinski definition) is 1. The second kappa shape index (κ2) is 10.7. The maximum atomic E-state index is 2.51. The molecule has 0 saturated carbocycles. The molecule has 19 heavy (non-hydrogen) atoms. The monoisotopic (exact) mass is 267 g/mol. The Morgan fingerprint density at radius 1 is 0.842 bits per heavy atom. The van der Waals surface area contributed by atoms with Gasteiger partial charge in [0.25, 0.3) is 0 Å². The molecule has 1 atom stereocenters. The molecule has 0 bridgehead atoms. The van der Waals surface area contributed by atoms with Crippen molar-refractivity contribution in [1.29, 1.82) is 0 Å². The minimum Gasteiger partial charge on any atom is -0.306 e. The van der Waals surface area contributed by atoms with Crippen molar-refractivity contribution >= 4 is 0 Å². The van der Waals surface area contributed by atoms with Crippen LogP contribution in [-0.4, -0.2) is 25.0 Å². The topological polar surface area (TPSA) is 3.24 Å². The van der Waals surface area contributed by atoms with Gasteiger partial charge in [-0.2, -0.15) is 0 Å². The third kappa shape index (κ3) is 7.34. The van der Waals surface area contributed by atoms with Crippen LogP contribution in [0.4, 0.5) is 0 Å². The van der Waals surface area contributed by atoms with Crippen molar-refractivity contribution in [3.63, 3.8) is 0 Å². The second-order valence-electron chi connectivity index (χ2n) is 6.75. The fourth-order valence-corrected chi connectivity index (χ4v) is 3.61. The quantitative estimate of drug-likeness (QED) is 0.473. The predicted octanol–water partition coefficient (Wildman–Crippen LogP) is 5.50. The van der Waals surface area contributed by atoms with Crippen molar-refractivity contribution in [2.24, 2.45) is 11.8 Å². The van der Waals surface area contributed by atoms with Crippen LogP contribution < -0.4 is 0 Å². The van der Waals surface area contributed by atoms with Gasteiger partial charge >= 0.3 is 0 Å². The predicted molar refractivity (Wildman–Crippen MR) is 86.6 cm³/mol. The van der Waals surface area contributed by atoms with E-state index in [0.29, 0.717) is 0 Å². The van der Waals surface area contributed by atoms with Gasteiger partial charge in [-0.05, 0) is 44.8 Å². The average molecular weight is 268 g/mol. The molecule has 0 aromatic rings. The molecule has 0 radical (unpaired) electrons. The first-order valence-corrected chi connectivity index (χ1v) is 8.96. The van der Waals surface area contributed by atoms with E-state index in [1.54, 1.807) is 0 Å². The lowest BCUT2D eigenvalue weighted by Crippen LogP contribution is -2.33. The van der Waals surface area contributed by atoms with Crippen LogP contribution in [-0.2, 0) is 0 Å². The Morgan fingerprint density at radius 2 is 1.37 bits per heavy atom. The molecule has 1 rings (SSSR count). The van der Waals surface area contributed by atoms with Crippen LogP contribution in [0.2, 0.25) is 0 Å². The molecule has 1 nitrogen and oxygen atoms in total. The van der Waals surface area contributed by atoms with Gasteiger partial charge in [-0.15, -0.1) is 0 Å². The van der Waals surface area contributed by atoms with Crippen molar-refractivity contribution in [1.82, 2.24) is 4.90 Å². The van der Waals surface area contributed by atoms with Gasteiger partial charge in [0.15, 0.2) is 0 Å². The van der Waals surface area contributed by atoms with Crippen molar-refractivity contribution in [3.8, 4) is 0 Å². The first-order valence-electron chi connectivity index (χ1n) is 8.96. The highest BCUT2D eigenvalue weighted by Crippen LogP contribution is 2.32. The lowest BCUT2D eigenvalue weighted by Gasteiger charge is -2.34. The molecule has 0 aliphatic carbocycles. The molecule has 1 fully saturated rings. The van der Waals surface area contributed by atoms with Crippen LogP contribution in [0.1, 0.15) is 84.5 Å². The number of rotatable bonds is 10. The van der Waals surface area contributed by atoms with Crippen molar-refractivity contribution < 1.29 is 0 Å². The van der Waals surface area contributed by atoms with E-state index < -0.39 is 0 Å². The molecule has 1 aliphatic heterocycles. The SMILES string of the molecule is CCCCCCC(CCCCC)C1CCN(C)CC1. The van der Waals surface area contributed by atoms with Gasteiger partial charge in [0.1, 0.15) is 0 Å². The molecule has 0 spiro atoms. The largest absolute Gasteiger partial charge is 0.306 e. The Labute approximate surface area is 122 Å². The van der Waals surface area contributed by atoms with Crippen LogP contribution in [0.5, 0.6) is 0 Å². The van der Waals surface area contributed by atoms with Crippen molar-refractivity contribution in [2.45, 2.75) is 84.5 Å². The Bertz CT molecular complexity index is 194. The number of hydrogen-bond donors (Lipinski definition) is 0. The van der Waals surface area contributed by atoms with Gasteiger partial charge in [0, 0.05) is 0 Å². The number of unbranched alkanes of at least 4 members (excludes halogenated alkanes) is 5. The van der Waals surface area contributed by atoms with E-state index in [4.69, 9.17) is 0 Å². The Hall–Kier alpha value is -0.0400. The molecular formula is C18H37N. The molecule has 1 unspecified atom stereocenters. The van der Waals surface area contributed by atoms with Crippen LogP contribution in [0.15, 0.2) is 0 Å². The Morgan fingerprint density at radius 3 is 1.95 bits per heavy atom. The molecule has 1 heteroatoms. The van der Waals surface area contributed by atoms with E-state index in [1.807, 2.05) is 0 Å². The molecule has 1 aliphatic rings. The molecule has 0 aromatic heterocycles. The summed E-state index contributed by atoms with van der Waals surface area (Å²) in [7, 11) is 2.28. The first kappa shape index (κ1) is 17.0. The lowest BCUT2D eigenvalue weighted by atomic mass is 9.78. The van der Waals surface area contributed by atoms with E-state index in [9.17, 15) is 0 Å². The number of piperidine rings is 1. The van der Waals surface area contributed by atoms with E-state index >= 15 is 0 Å². The van der Waals surface area contributed by atoms with Crippen molar-refractivity contribution in [2.75, 3.05) is 20.1 Å². The fraction of sp³-hybridized carbons (Fsp3) is 1.00. The zero-order valence-corrected chi connectivity index (χ0v) is 13.8. The van der Waals surface area contributed by atoms with Gasteiger partial charge in [-0.1, -0.05) is 71.6 Å². The smallest absolute Gasteiger partial charge is 0.00190 e. The normalized spacial score (nSPS) is 19.7. The summed E-state index contributed by atoms with van der Waals surface area (Å²) in [5.41, 5.74) is 0. The second-order valence-corrected chi connectivity index (χ2v) is 6.75. The van der Waals surface area contributed by atoms with E-state index in [-0.39, 0.29) is 0 Å². The van der Waals surface area contributed by atoms with Gasteiger partial charge in [-0.25, -0.2) is 0 Å². The standard InChI is InChI=1S/C18H37N/c1-4-6-8-10-12-17(11-9-7-5-2)18-13-15-19(3)16-14-18/h17-18H,4-16H2,1-3H3. The summed E-state index contributed by atoms with van der Waals surface area (Å²) in [6.07, 6.45) is 16.0. The number of nitrogens with zero attached hydrogens (tertiary/aromatic N) is 1. The maximum Gasteiger partial charge on any atom is -0.00190 e. The lowest BCUT2D eigenvalue weighted by molar-refractivity contribution is 0.155. The zero-order chi connectivity index (χ0) is 13.9. The molecule has 0 N–H and O–H groups in total. The van der Waals surface area contributed by atoms with Crippen LogP contribution in [0.25, 0.3) is 0 Å². The fourth-order valence-electron chi connectivity index (χ4n) is 3.61. The minimum atomic E-state index is 1.04. The average Bonchev–Trinajstić information content (AvgIpc) is 2.43. The molecular weight excluding hydrogens is 230 g/mol. The Balaban J connectivity index is 2.30. The first-order chi connectivity index (χ1) is 9.27. The maximum absolute atomic E-state index is 2.51. The van der Waals surface area contributed by atoms with E-state index in [0.717, 1.165) is 11.8 Å². The van der Waals surface area contributed by atoms with Gasteiger partial charge in [-0.3, -0.25) is 0 Å². The van der Waals surface area contributed by atoms with E-state index in [1.165, 1.54) is 83.7 Å². The highest BCUT2D eigenvalue weighted by atomic mass is 15.1. The summed E-state index contributed by atoms with van der Waals surface area (Å²) < 4.78 is 0. The third-order valence-electron chi connectivity index (χ3n) is 5.04. The summed E-state index contributed by atoms with van der Waals surface area (Å²) in [5.74, 6) is 2.08. The van der Waals surface area contributed by atoms with E-state index in [2.05, 4.69) is 25.8 Å².